The Bertz CT molecular complexity index is 1240. The van der Waals surface area contributed by atoms with E-state index in [9.17, 15) is 18.0 Å². The molecule has 0 bridgehead atoms. The second kappa shape index (κ2) is 11.9. The van der Waals surface area contributed by atoms with E-state index in [0.29, 0.717) is 11.4 Å². The number of methoxy groups -OCH3 is 1. The zero-order valence-electron chi connectivity index (χ0n) is 19.3. The monoisotopic (exact) mass is 517 g/mol. The highest BCUT2D eigenvalue weighted by Gasteiger charge is 2.30. The maximum atomic E-state index is 13.3. The Morgan fingerprint density at radius 2 is 1.71 bits per heavy atom. The summed E-state index contributed by atoms with van der Waals surface area (Å²) >= 11 is 1.42. The molecule has 1 amide bonds. The van der Waals surface area contributed by atoms with Crippen molar-refractivity contribution in [1.82, 2.24) is 10.3 Å². The van der Waals surface area contributed by atoms with Crippen LogP contribution in [-0.4, -0.2) is 36.9 Å². The normalized spacial score (nSPS) is 13.0. The molecular formula is C24H27N3O6S2. The average molecular weight is 518 g/mol. The number of aryl methyl sites for hydroxylation is 1. The van der Waals surface area contributed by atoms with Crippen molar-refractivity contribution in [1.29, 1.82) is 0 Å². The Kier molecular flexibility index (Phi) is 8.96. The van der Waals surface area contributed by atoms with E-state index in [-0.39, 0.29) is 12.1 Å². The van der Waals surface area contributed by atoms with E-state index in [1.165, 1.54) is 30.6 Å². The largest absolute Gasteiger partial charge is 0.468 e. The van der Waals surface area contributed by atoms with Gasteiger partial charge in [0.1, 0.15) is 10.9 Å². The maximum absolute atomic E-state index is 13.3. The first-order chi connectivity index (χ1) is 16.7. The molecule has 1 aromatic heterocycles. The van der Waals surface area contributed by atoms with Crippen LogP contribution in [-0.2, 0) is 43.9 Å². The van der Waals surface area contributed by atoms with Crippen molar-refractivity contribution in [2.45, 2.75) is 32.2 Å². The SMILES string of the molecule is CCc1csc(C(Cc2ccc(NS(=O)(=O)O)cc2)NC(=O)C(Cc2ccccc2)C(=O)OC)n1. The molecule has 3 N–H and O–H groups in total. The number of rotatable bonds is 11. The van der Waals surface area contributed by atoms with Crippen LogP contribution in [0.25, 0.3) is 0 Å². The first-order valence-corrected chi connectivity index (χ1v) is 13.2. The van der Waals surface area contributed by atoms with Crippen LogP contribution in [0.2, 0.25) is 0 Å². The molecule has 0 radical (unpaired) electrons. The number of ether oxygens (including phenoxy) is 1. The van der Waals surface area contributed by atoms with Gasteiger partial charge >= 0.3 is 16.3 Å². The van der Waals surface area contributed by atoms with E-state index < -0.39 is 34.1 Å². The molecular weight excluding hydrogens is 490 g/mol. The van der Waals surface area contributed by atoms with Gasteiger partial charge in [0, 0.05) is 5.38 Å². The third-order valence-corrected chi connectivity index (χ3v) is 6.77. The van der Waals surface area contributed by atoms with Crippen LogP contribution in [0, 0.1) is 5.92 Å². The molecule has 0 fully saturated rings. The van der Waals surface area contributed by atoms with Crippen molar-refractivity contribution in [2.75, 3.05) is 11.8 Å². The summed E-state index contributed by atoms with van der Waals surface area (Å²) in [5.41, 5.74) is 2.72. The fourth-order valence-corrected chi connectivity index (χ4v) is 4.87. The lowest BCUT2D eigenvalue weighted by atomic mass is 9.97. The van der Waals surface area contributed by atoms with Crippen molar-refractivity contribution < 1.29 is 27.3 Å². The maximum Gasteiger partial charge on any atom is 0.357 e. The molecule has 2 atom stereocenters. The molecule has 0 spiro atoms. The quantitative estimate of drug-likeness (QED) is 0.202. The summed E-state index contributed by atoms with van der Waals surface area (Å²) in [4.78, 5) is 30.3. The Balaban J connectivity index is 1.83. The van der Waals surface area contributed by atoms with Gasteiger partial charge in [0.15, 0.2) is 0 Å². The number of amides is 1. The fraction of sp³-hybridized carbons (Fsp3) is 0.292. The minimum Gasteiger partial charge on any atom is -0.468 e. The highest BCUT2D eigenvalue weighted by Crippen LogP contribution is 2.25. The van der Waals surface area contributed by atoms with E-state index in [1.54, 1.807) is 12.1 Å². The van der Waals surface area contributed by atoms with Crippen molar-refractivity contribution in [3.63, 3.8) is 0 Å². The van der Waals surface area contributed by atoms with Gasteiger partial charge in [0.2, 0.25) is 5.91 Å². The van der Waals surface area contributed by atoms with Crippen LogP contribution in [0.1, 0.15) is 34.8 Å². The summed E-state index contributed by atoms with van der Waals surface area (Å²) < 4.78 is 37.9. The summed E-state index contributed by atoms with van der Waals surface area (Å²) in [6.45, 7) is 1.99. The number of benzene rings is 2. The number of aromatic nitrogens is 1. The molecule has 1 heterocycles. The van der Waals surface area contributed by atoms with E-state index in [1.807, 2.05) is 47.4 Å². The highest BCUT2D eigenvalue weighted by molar-refractivity contribution is 7.87. The van der Waals surface area contributed by atoms with Crippen molar-refractivity contribution >= 4 is 39.2 Å². The topological polar surface area (TPSA) is 135 Å². The summed E-state index contributed by atoms with van der Waals surface area (Å²) in [5, 5.41) is 5.58. The van der Waals surface area contributed by atoms with Gasteiger partial charge in [-0.15, -0.1) is 11.3 Å². The fourth-order valence-electron chi connectivity index (χ4n) is 3.49. The van der Waals surface area contributed by atoms with Gasteiger partial charge in [-0.05, 0) is 42.5 Å². The number of esters is 1. The first-order valence-electron chi connectivity index (χ1n) is 10.9. The molecule has 3 aromatic rings. The smallest absolute Gasteiger partial charge is 0.357 e. The van der Waals surface area contributed by atoms with Gasteiger partial charge in [-0.1, -0.05) is 49.4 Å². The van der Waals surface area contributed by atoms with Crippen molar-refractivity contribution in [2.24, 2.45) is 5.92 Å². The van der Waals surface area contributed by atoms with Crippen LogP contribution in [0.4, 0.5) is 5.69 Å². The van der Waals surface area contributed by atoms with E-state index >= 15 is 0 Å². The second-order valence-electron chi connectivity index (χ2n) is 7.84. The van der Waals surface area contributed by atoms with Gasteiger partial charge in [-0.2, -0.15) is 8.42 Å². The summed E-state index contributed by atoms with van der Waals surface area (Å²) in [6.07, 6.45) is 1.29. The average Bonchev–Trinajstić information content (AvgIpc) is 3.32. The van der Waals surface area contributed by atoms with Gasteiger partial charge in [-0.3, -0.25) is 18.9 Å². The van der Waals surface area contributed by atoms with Gasteiger partial charge in [0.05, 0.1) is 24.5 Å². The van der Waals surface area contributed by atoms with Crippen LogP contribution >= 0.6 is 11.3 Å². The molecule has 186 valence electrons. The zero-order valence-corrected chi connectivity index (χ0v) is 20.9. The molecule has 11 heteroatoms. The molecule has 3 rings (SSSR count). The number of nitrogens with zero attached hydrogens (tertiary/aromatic N) is 1. The number of nitrogens with one attached hydrogen (secondary N) is 2. The van der Waals surface area contributed by atoms with E-state index in [4.69, 9.17) is 9.29 Å². The number of carbonyl (C=O) groups excluding carboxylic acids is 2. The molecule has 2 aromatic carbocycles. The molecule has 0 saturated heterocycles. The lowest BCUT2D eigenvalue weighted by molar-refractivity contribution is -0.150. The molecule has 0 aliphatic heterocycles. The van der Waals surface area contributed by atoms with Gasteiger partial charge in [0.25, 0.3) is 0 Å². The molecule has 35 heavy (non-hydrogen) atoms. The van der Waals surface area contributed by atoms with Crippen LogP contribution < -0.4 is 10.0 Å². The van der Waals surface area contributed by atoms with E-state index in [0.717, 1.165) is 23.2 Å². The standard InChI is InChI=1S/C24H27N3O6S2/c1-3-18-15-34-23(25-18)21(14-17-9-11-19(12-10-17)27-35(30,31)32)26-22(28)20(24(29)33-2)13-16-7-5-4-6-8-16/h4-12,15,20-21,27H,3,13-14H2,1-2H3,(H,26,28)(H,30,31,32). The number of anilines is 1. The van der Waals surface area contributed by atoms with Gasteiger partial charge < -0.3 is 10.1 Å². The number of hydrogen-bond donors (Lipinski definition) is 3. The van der Waals surface area contributed by atoms with Crippen LogP contribution in [0.3, 0.4) is 0 Å². The molecule has 0 aliphatic rings. The van der Waals surface area contributed by atoms with Crippen molar-refractivity contribution in [3.05, 3.63) is 81.8 Å². The number of carbonyl (C=O) groups is 2. The van der Waals surface area contributed by atoms with Crippen LogP contribution in [0.5, 0.6) is 0 Å². The van der Waals surface area contributed by atoms with E-state index in [2.05, 4.69) is 10.3 Å². The molecule has 0 saturated carbocycles. The summed E-state index contributed by atoms with van der Waals surface area (Å²) in [5.74, 6) is -2.13. The Hall–Kier alpha value is -3.28. The lowest BCUT2D eigenvalue weighted by Gasteiger charge is -2.21. The van der Waals surface area contributed by atoms with Crippen LogP contribution in [0.15, 0.2) is 60.0 Å². The molecule has 0 aliphatic carbocycles. The predicted octanol–water partition coefficient (Wildman–Crippen LogP) is 3.35. The van der Waals surface area contributed by atoms with Crippen molar-refractivity contribution in [3.8, 4) is 0 Å². The third-order valence-electron chi connectivity index (χ3n) is 5.27. The minimum atomic E-state index is -4.38. The lowest BCUT2D eigenvalue weighted by Crippen LogP contribution is -2.40. The first kappa shape index (κ1) is 26.3. The Morgan fingerprint density at radius 1 is 1.06 bits per heavy atom. The zero-order chi connectivity index (χ0) is 25.4. The summed E-state index contributed by atoms with van der Waals surface area (Å²) in [7, 11) is -3.13. The predicted molar refractivity (Wildman–Crippen MR) is 133 cm³/mol. The van der Waals surface area contributed by atoms with Gasteiger partial charge in [-0.25, -0.2) is 4.98 Å². The highest BCUT2D eigenvalue weighted by atomic mass is 32.2. The number of hydrogen-bond acceptors (Lipinski definition) is 7. The summed E-state index contributed by atoms with van der Waals surface area (Å²) in [6, 6.07) is 15.1. The molecule has 9 nitrogen and oxygen atoms in total. The second-order valence-corrected chi connectivity index (χ2v) is 9.88. The minimum absolute atomic E-state index is 0.195. The Morgan fingerprint density at radius 3 is 2.29 bits per heavy atom. The third kappa shape index (κ3) is 7.88. The Labute approximate surface area is 208 Å². The number of thiazole rings is 1. The molecule has 2 unspecified atom stereocenters.